The molecule has 1 heterocycles. The Kier molecular flexibility index (Phi) is 5.02. The summed E-state index contributed by atoms with van der Waals surface area (Å²) < 4.78 is 0. The number of anilines is 4. The number of nitrogens with one attached hydrogen (secondary N) is 2. The minimum Gasteiger partial charge on any atom is -0.478 e. The first-order valence-corrected chi connectivity index (χ1v) is 7.91. The van der Waals surface area contributed by atoms with E-state index in [0.717, 1.165) is 0 Å². The van der Waals surface area contributed by atoms with Crippen molar-refractivity contribution in [3.05, 3.63) is 70.5 Å². The monoisotopic (exact) mass is 374 g/mol. The first kappa shape index (κ1) is 17.0. The lowest BCUT2D eigenvalue weighted by atomic mass is 10.2. The number of rotatable bonds is 5. The van der Waals surface area contributed by atoms with Crippen molar-refractivity contribution in [3.63, 3.8) is 0 Å². The highest BCUT2D eigenvalue weighted by Gasteiger charge is 2.06. The number of aromatic carboxylic acids is 1. The predicted octanol–water partition coefficient (Wildman–Crippen LogP) is 4.97. The predicted molar refractivity (Wildman–Crippen MR) is 98.5 cm³/mol. The summed E-state index contributed by atoms with van der Waals surface area (Å²) in [6, 6.07) is 13.1. The molecule has 3 aromatic rings. The highest BCUT2D eigenvalue weighted by Crippen LogP contribution is 2.28. The van der Waals surface area contributed by atoms with Crippen molar-refractivity contribution in [3.8, 4) is 0 Å². The minimum absolute atomic E-state index is 0.214. The van der Waals surface area contributed by atoms with Gasteiger partial charge >= 0.3 is 5.97 Å². The average molecular weight is 375 g/mol. The summed E-state index contributed by atoms with van der Waals surface area (Å²) in [6.07, 6.45) is 1.40. The second kappa shape index (κ2) is 7.38. The van der Waals surface area contributed by atoms with Crippen LogP contribution in [0.5, 0.6) is 0 Å². The van der Waals surface area contributed by atoms with E-state index in [4.69, 9.17) is 28.3 Å². The zero-order valence-corrected chi connectivity index (χ0v) is 14.2. The zero-order valence-electron chi connectivity index (χ0n) is 12.7. The van der Waals surface area contributed by atoms with Crippen molar-refractivity contribution in [1.82, 2.24) is 9.97 Å². The second-order valence-corrected chi connectivity index (χ2v) is 5.89. The van der Waals surface area contributed by atoms with Crippen LogP contribution in [0.3, 0.4) is 0 Å². The van der Waals surface area contributed by atoms with Crippen LogP contribution in [0.4, 0.5) is 23.0 Å². The van der Waals surface area contributed by atoms with Gasteiger partial charge < -0.3 is 15.7 Å². The summed E-state index contributed by atoms with van der Waals surface area (Å²) in [5.41, 5.74) is 1.55. The maximum Gasteiger partial charge on any atom is 0.335 e. The molecule has 0 saturated heterocycles. The molecule has 0 aliphatic heterocycles. The number of hydrogen-bond acceptors (Lipinski definition) is 5. The summed E-state index contributed by atoms with van der Waals surface area (Å²) in [6.45, 7) is 0. The summed E-state index contributed by atoms with van der Waals surface area (Å²) in [4.78, 5) is 19.1. The van der Waals surface area contributed by atoms with Crippen molar-refractivity contribution in [2.24, 2.45) is 0 Å². The molecule has 0 spiro atoms. The van der Waals surface area contributed by atoms with E-state index >= 15 is 0 Å². The fourth-order valence-corrected chi connectivity index (χ4v) is 2.41. The molecule has 0 atom stereocenters. The fraction of sp³-hybridized carbons (Fsp3) is 0. The molecule has 3 N–H and O–H groups in total. The van der Waals surface area contributed by atoms with Crippen LogP contribution in [0.2, 0.25) is 10.0 Å². The van der Waals surface area contributed by atoms with Gasteiger partial charge in [-0.1, -0.05) is 23.2 Å². The van der Waals surface area contributed by atoms with Gasteiger partial charge in [-0.15, -0.1) is 0 Å². The Balaban J connectivity index is 1.77. The number of halogens is 2. The van der Waals surface area contributed by atoms with Gasteiger partial charge in [0, 0.05) is 16.8 Å². The molecule has 0 aliphatic carbocycles. The van der Waals surface area contributed by atoms with Crippen LogP contribution in [0, 0.1) is 0 Å². The molecule has 1 aromatic heterocycles. The van der Waals surface area contributed by atoms with Gasteiger partial charge in [0.1, 0.15) is 18.0 Å². The summed E-state index contributed by atoms with van der Waals surface area (Å²) in [5.74, 6) is 0.0982. The third kappa shape index (κ3) is 4.37. The Morgan fingerprint density at radius 3 is 2.28 bits per heavy atom. The van der Waals surface area contributed by atoms with E-state index < -0.39 is 5.97 Å². The SMILES string of the molecule is O=C(O)c1ccc(Nc2cc(Nc3cc(Cl)ccc3Cl)ncn2)cc1. The van der Waals surface area contributed by atoms with Gasteiger partial charge in [0.2, 0.25) is 0 Å². The van der Waals surface area contributed by atoms with Crippen molar-refractivity contribution in [2.45, 2.75) is 0 Å². The Morgan fingerprint density at radius 1 is 0.920 bits per heavy atom. The molecule has 126 valence electrons. The molecule has 0 fully saturated rings. The van der Waals surface area contributed by atoms with Crippen LogP contribution in [-0.2, 0) is 0 Å². The Morgan fingerprint density at radius 2 is 1.60 bits per heavy atom. The van der Waals surface area contributed by atoms with Crippen LogP contribution in [0.25, 0.3) is 0 Å². The molecule has 0 bridgehead atoms. The molecule has 0 amide bonds. The molecule has 2 aromatic carbocycles. The smallest absolute Gasteiger partial charge is 0.335 e. The molecule has 6 nitrogen and oxygen atoms in total. The lowest BCUT2D eigenvalue weighted by molar-refractivity contribution is 0.0697. The largest absolute Gasteiger partial charge is 0.478 e. The summed E-state index contributed by atoms with van der Waals surface area (Å²) in [7, 11) is 0. The van der Waals surface area contributed by atoms with Gasteiger partial charge in [-0.05, 0) is 42.5 Å². The third-order valence-electron chi connectivity index (χ3n) is 3.26. The van der Waals surface area contributed by atoms with Crippen molar-refractivity contribution in [1.29, 1.82) is 0 Å². The number of carboxylic acid groups (broad SMARTS) is 1. The quantitative estimate of drug-likeness (QED) is 0.584. The molecule has 25 heavy (non-hydrogen) atoms. The molecule has 0 radical (unpaired) electrons. The van der Waals surface area contributed by atoms with E-state index in [2.05, 4.69) is 20.6 Å². The number of carbonyl (C=O) groups is 1. The first-order chi connectivity index (χ1) is 12.0. The lowest BCUT2D eigenvalue weighted by Crippen LogP contribution is -2.00. The minimum atomic E-state index is -0.974. The number of carboxylic acids is 1. The van der Waals surface area contributed by atoms with Crippen LogP contribution in [0.1, 0.15) is 10.4 Å². The number of benzene rings is 2. The van der Waals surface area contributed by atoms with E-state index in [1.807, 2.05) is 0 Å². The molecular formula is C17H12Cl2N4O2. The zero-order chi connectivity index (χ0) is 17.8. The first-order valence-electron chi connectivity index (χ1n) is 7.16. The third-order valence-corrected chi connectivity index (χ3v) is 3.83. The van der Waals surface area contributed by atoms with Crippen LogP contribution >= 0.6 is 23.2 Å². The summed E-state index contributed by atoms with van der Waals surface area (Å²) >= 11 is 12.1. The van der Waals surface area contributed by atoms with E-state index in [1.165, 1.54) is 18.5 Å². The van der Waals surface area contributed by atoms with Gasteiger partial charge in [0.25, 0.3) is 0 Å². The fourth-order valence-electron chi connectivity index (χ4n) is 2.07. The van der Waals surface area contributed by atoms with Crippen molar-refractivity contribution < 1.29 is 9.90 Å². The molecule has 0 unspecified atom stereocenters. The van der Waals surface area contributed by atoms with E-state index in [0.29, 0.717) is 33.1 Å². The highest BCUT2D eigenvalue weighted by atomic mass is 35.5. The number of aromatic nitrogens is 2. The standard InChI is InChI=1S/C17H12Cl2N4O2/c18-11-3-6-13(19)14(7-11)23-16-8-15(20-9-21-16)22-12-4-1-10(2-5-12)17(24)25/h1-9H,(H,24,25)(H2,20,21,22,23). The second-order valence-electron chi connectivity index (χ2n) is 5.05. The number of nitrogens with zero attached hydrogens (tertiary/aromatic N) is 2. The molecule has 0 saturated carbocycles. The van der Waals surface area contributed by atoms with Gasteiger partial charge in [-0.2, -0.15) is 0 Å². The van der Waals surface area contributed by atoms with Crippen molar-refractivity contribution in [2.75, 3.05) is 10.6 Å². The van der Waals surface area contributed by atoms with Gasteiger partial charge in [-0.25, -0.2) is 14.8 Å². The highest BCUT2D eigenvalue weighted by molar-refractivity contribution is 6.35. The summed E-state index contributed by atoms with van der Waals surface area (Å²) in [5, 5.41) is 16.1. The maximum atomic E-state index is 10.9. The lowest BCUT2D eigenvalue weighted by Gasteiger charge is -2.10. The van der Waals surface area contributed by atoms with Crippen molar-refractivity contribution >= 4 is 52.2 Å². The topological polar surface area (TPSA) is 87.1 Å². The van der Waals surface area contributed by atoms with Gasteiger partial charge in [0.15, 0.2) is 0 Å². The molecule has 0 aliphatic rings. The Labute approximate surface area is 153 Å². The average Bonchev–Trinajstić information content (AvgIpc) is 2.59. The van der Waals surface area contributed by atoms with E-state index in [1.54, 1.807) is 36.4 Å². The Bertz CT molecular complexity index is 917. The maximum absolute atomic E-state index is 10.9. The van der Waals surface area contributed by atoms with E-state index in [9.17, 15) is 4.79 Å². The normalized spacial score (nSPS) is 10.3. The molecule has 8 heteroatoms. The number of hydrogen-bond donors (Lipinski definition) is 3. The Hall–Kier alpha value is -2.83. The van der Waals surface area contributed by atoms with Gasteiger partial charge in [0.05, 0.1) is 16.3 Å². The van der Waals surface area contributed by atoms with Crippen LogP contribution in [-0.4, -0.2) is 21.0 Å². The van der Waals surface area contributed by atoms with Gasteiger partial charge in [-0.3, -0.25) is 0 Å². The molecule has 3 rings (SSSR count). The van der Waals surface area contributed by atoms with Crippen LogP contribution in [0.15, 0.2) is 54.9 Å². The van der Waals surface area contributed by atoms with E-state index in [-0.39, 0.29) is 5.56 Å². The van der Waals surface area contributed by atoms with Crippen LogP contribution < -0.4 is 10.6 Å². The molecular weight excluding hydrogens is 363 g/mol.